The van der Waals surface area contributed by atoms with Gasteiger partial charge in [0.15, 0.2) is 0 Å². The van der Waals surface area contributed by atoms with Crippen LogP contribution in [0.5, 0.6) is 0 Å². The van der Waals surface area contributed by atoms with Crippen LogP contribution < -0.4 is 0 Å². The summed E-state index contributed by atoms with van der Waals surface area (Å²) in [6.45, 7) is 2.27. The first-order valence-electron chi connectivity index (χ1n) is 9.44. The Labute approximate surface area is 155 Å². The molecule has 4 heteroatoms. The number of benzene rings is 1. The number of rotatable bonds is 5. The van der Waals surface area contributed by atoms with Crippen molar-refractivity contribution in [3.05, 3.63) is 35.0 Å². The minimum atomic E-state index is -0.195. The minimum absolute atomic E-state index is 0.195. The van der Waals surface area contributed by atoms with Crippen molar-refractivity contribution in [2.45, 2.75) is 57.1 Å². The number of fused-ring (bicyclic) bond motifs is 1. The molecule has 25 heavy (non-hydrogen) atoms. The summed E-state index contributed by atoms with van der Waals surface area (Å²) < 4.78 is 7.53. The van der Waals surface area contributed by atoms with Gasteiger partial charge < -0.3 is 9.30 Å². The van der Waals surface area contributed by atoms with Gasteiger partial charge in [0, 0.05) is 29.4 Å². The van der Waals surface area contributed by atoms with E-state index in [2.05, 4.69) is 36.1 Å². The number of hydrogen-bond donors (Lipinski definition) is 0. The van der Waals surface area contributed by atoms with Gasteiger partial charge >= 0.3 is 5.97 Å². The fraction of sp³-hybridized carbons (Fsp3) is 0.571. The fourth-order valence-electron chi connectivity index (χ4n) is 4.11. The predicted octanol–water partition coefficient (Wildman–Crippen LogP) is 5.66. The second-order valence-electron chi connectivity index (χ2n) is 7.00. The zero-order valence-corrected chi connectivity index (χ0v) is 16.5. The lowest BCUT2D eigenvalue weighted by Gasteiger charge is -2.15. The Balaban J connectivity index is 2.07. The van der Waals surface area contributed by atoms with Gasteiger partial charge in [-0.2, -0.15) is 11.8 Å². The van der Waals surface area contributed by atoms with E-state index in [1.54, 1.807) is 11.8 Å². The first-order valence-corrected chi connectivity index (χ1v) is 10.8. The molecule has 136 valence electrons. The number of carbonyl (C=O) groups excluding carboxylic acids is 1. The molecule has 0 unspecified atom stereocenters. The fourth-order valence-corrected chi connectivity index (χ4v) is 4.72. The molecule has 0 N–H and O–H groups in total. The van der Waals surface area contributed by atoms with Gasteiger partial charge in [-0.05, 0) is 43.6 Å². The third-order valence-corrected chi connectivity index (χ3v) is 6.00. The molecule has 0 spiro atoms. The Morgan fingerprint density at radius 2 is 1.96 bits per heavy atom. The largest absolute Gasteiger partial charge is 0.462 e. The van der Waals surface area contributed by atoms with Crippen LogP contribution in [0.1, 0.15) is 73.0 Å². The van der Waals surface area contributed by atoms with Gasteiger partial charge in [-0.3, -0.25) is 0 Å². The van der Waals surface area contributed by atoms with Crippen LogP contribution in [0, 0.1) is 0 Å². The SMILES string of the molecule is CCOC(=O)c1c(CSC)n(C)c2cc(C3CCCCCC3)ccc12. The quantitative estimate of drug-likeness (QED) is 0.510. The summed E-state index contributed by atoms with van der Waals surface area (Å²) in [5, 5.41) is 1.03. The number of hydrogen-bond acceptors (Lipinski definition) is 3. The third kappa shape index (κ3) is 3.74. The number of aryl methyl sites for hydroxylation is 1. The Morgan fingerprint density at radius 3 is 2.60 bits per heavy atom. The lowest BCUT2D eigenvalue weighted by Crippen LogP contribution is -2.08. The maximum atomic E-state index is 12.6. The number of thioether (sulfide) groups is 1. The summed E-state index contributed by atoms with van der Waals surface area (Å²) in [5.41, 5.74) is 4.41. The van der Waals surface area contributed by atoms with E-state index in [1.807, 2.05) is 6.92 Å². The zero-order valence-electron chi connectivity index (χ0n) is 15.6. The first kappa shape index (κ1) is 18.4. The van der Waals surface area contributed by atoms with Crippen molar-refractivity contribution in [3.8, 4) is 0 Å². The molecule has 0 atom stereocenters. The van der Waals surface area contributed by atoms with Crippen LogP contribution in [-0.2, 0) is 17.5 Å². The maximum absolute atomic E-state index is 12.6. The Bertz CT molecular complexity index is 742. The van der Waals surface area contributed by atoms with Gasteiger partial charge in [-0.1, -0.05) is 37.8 Å². The molecular formula is C21H29NO2S. The summed E-state index contributed by atoms with van der Waals surface area (Å²) in [5.74, 6) is 1.29. The van der Waals surface area contributed by atoms with E-state index >= 15 is 0 Å². The zero-order chi connectivity index (χ0) is 17.8. The topological polar surface area (TPSA) is 31.2 Å². The number of esters is 1. The maximum Gasteiger partial charge on any atom is 0.340 e. The number of ether oxygens (including phenoxy) is 1. The molecule has 0 amide bonds. The molecule has 3 nitrogen and oxygen atoms in total. The molecular weight excluding hydrogens is 330 g/mol. The van der Waals surface area contributed by atoms with Crippen LogP contribution in [-0.4, -0.2) is 23.4 Å². The monoisotopic (exact) mass is 359 g/mol. The van der Waals surface area contributed by atoms with E-state index in [1.165, 1.54) is 44.1 Å². The Morgan fingerprint density at radius 1 is 1.24 bits per heavy atom. The standard InChI is InChI=1S/C21H29NO2S/c1-4-24-21(23)20-17-12-11-16(15-9-7-5-6-8-10-15)13-18(17)22(2)19(20)14-25-3/h11-13,15H,4-10,14H2,1-3H3. The molecule has 1 aliphatic carbocycles. The van der Waals surface area contributed by atoms with Gasteiger partial charge in [-0.25, -0.2) is 4.79 Å². The Hall–Kier alpha value is -1.42. The molecule has 0 bridgehead atoms. The molecule has 3 rings (SSSR count). The third-order valence-electron chi connectivity index (χ3n) is 5.43. The van der Waals surface area contributed by atoms with Crippen molar-refractivity contribution in [1.29, 1.82) is 0 Å². The van der Waals surface area contributed by atoms with E-state index in [9.17, 15) is 4.79 Å². The van der Waals surface area contributed by atoms with Gasteiger partial charge in [0.2, 0.25) is 0 Å². The van der Waals surface area contributed by atoms with Crippen molar-refractivity contribution in [2.24, 2.45) is 7.05 Å². The second kappa shape index (κ2) is 8.31. The van der Waals surface area contributed by atoms with Crippen molar-refractivity contribution in [2.75, 3.05) is 12.9 Å². The molecule has 1 heterocycles. The molecule has 1 aliphatic rings. The molecule has 1 fully saturated rings. The highest BCUT2D eigenvalue weighted by Crippen LogP contribution is 2.35. The normalized spacial score (nSPS) is 16.1. The lowest BCUT2D eigenvalue weighted by molar-refractivity contribution is 0.0527. The molecule has 1 saturated carbocycles. The molecule has 1 aromatic carbocycles. The molecule has 2 aromatic rings. The molecule has 0 aliphatic heterocycles. The van der Waals surface area contributed by atoms with Crippen LogP contribution in [0.15, 0.2) is 18.2 Å². The summed E-state index contributed by atoms with van der Waals surface area (Å²) in [7, 11) is 2.08. The highest BCUT2D eigenvalue weighted by Gasteiger charge is 2.23. The van der Waals surface area contributed by atoms with Crippen LogP contribution >= 0.6 is 11.8 Å². The van der Waals surface area contributed by atoms with Gasteiger partial charge in [0.25, 0.3) is 0 Å². The van der Waals surface area contributed by atoms with Crippen LogP contribution in [0.25, 0.3) is 10.9 Å². The smallest absolute Gasteiger partial charge is 0.340 e. The van der Waals surface area contributed by atoms with Crippen LogP contribution in [0.4, 0.5) is 0 Å². The van der Waals surface area contributed by atoms with E-state index in [4.69, 9.17) is 4.74 Å². The highest BCUT2D eigenvalue weighted by molar-refractivity contribution is 7.97. The Kier molecular flexibility index (Phi) is 6.10. The van der Waals surface area contributed by atoms with E-state index in [-0.39, 0.29) is 5.97 Å². The summed E-state index contributed by atoms with van der Waals surface area (Å²) in [4.78, 5) is 12.6. The summed E-state index contributed by atoms with van der Waals surface area (Å²) in [6.07, 6.45) is 10.1. The summed E-state index contributed by atoms with van der Waals surface area (Å²) in [6, 6.07) is 6.70. The minimum Gasteiger partial charge on any atom is -0.462 e. The van der Waals surface area contributed by atoms with Gasteiger partial charge in [0.1, 0.15) is 0 Å². The van der Waals surface area contributed by atoms with Crippen molar-refractivity contribution >= 4 is 28.6 Å². The van der Waals surface area contributed by atoms with Crippen molar-refractivity contribution < 1.29 is 9.53 Å². The van der Waals surface area contributed by atoms with E-state index in [0.29, 0.717) is 12.5 Å². The van der Waals surface area contributed by atoms with E-state index < -0.39 is 0 Å². The number of carbonyl (C=O) groups is 1. The van der Waals surface area contributed by atoms with Gasteiger partial charge in [-0.15, -0.1) is 0 Å². The second-order valence-corrected chi connectivity index (χ2v) is 7.87. The van der Waals surface area contributed by atoms with E-state index in [0.717, 1.165) is 27.9 Å². The van der Waals surface area contributed by atoms with Crippen molar-refractivity contribution in [3.63, 3.8) is 0 Å². The molecule has 0 radical (unpaired) electrons. The number of nitrogens with zero attached hydrogens (tertiary/aromatic N) is 1. The average molecular weight is 360 g/mol. The first-order chi connectivity index (χ1) is 12.2. The van der Waals surface area contributed by atoms with Crippen molar-refractivity contribution in [1.82, 2.24) is 4.57 Å². The highest BCUT2D eigenvalue weighted by atomic mass is 32.2. The lowest BCUT2D eigenvalue weighted by atomic mass is 9.91. The van der Waals surface area contributed by atoms with Crippen LogP contribution in [0.2, 0.25) is 0 Å². The predicted molar refractivity (Wildman–Crippen MR) is 107 cm³/mol. The summed E-state index contributed by atoms with van der Waals surface area (Å²) >= 11 is 1.74. The van der Waals surface area contributed by atoms with Gasteiger partial charge in [0.05, 0.1) is 12.2 Å². The molecule has 1 aromatic heterocycles. The van der Waals surface area contributed by atoms with Crippen LogP contribution in [0.3, 0.4) is 0 Å². The average Bonchev–Trinajstić information content (AvgIpc) is 2.79. The molecule has 0 saturated heterocycles. The number of aromatic nitrogens is 1.